The van der Waals surface area contributed by atoms with Gasteiger partial charge in [-0.25, -0.2) is 0 Å². The van der Waals surface area contributed by atoms with Crippen molar-refractivity contribution in [1.82, 2.24) is 5.32 Å². The summed E-state index contributed by atoms with van der Waals surface area (Å²) >= 11 is 3.43. The number of carbonyl (C=O) groups is 1. The highest BCUT2D eigenvalue weighted by atomic mass is 79.9. The Bertz CT molecular complexity index is 427. The van der Waals surface area contributed by atoms with Crippen molar-refractivity contribution in [3.63, 3.8) is 0 Å². The van der Waals surface area contributed by atoms with E-state index in [1.165, 1.54) is 0 Å². The minimum Gasteiger partial charge on any atom is -0.381 e. The Labute approximate surface area is 129 Å². The maximum absolute atomic E-state index is 11.9. The number of hydrogen-bond acceptors (Lipinski definition) is 3. The van der Waals surface area contributed by atoms with E-state index in [1.807, 2.05) is 24.3 Å². The average molecular weight is 340 g/mol. The molecular weight excluding hydrogens is 318 g/mol. The van der Waals surface area contributed by atoms with Gasteiger partial charge in [-0.05, 0) is 50.4 Å². The number of halogens is 1. The third-order valence-electron chi connectivity index (χ3n) is 3.85. The van der Waals surface area contributed by atoms with Crippen LogP contribution in [0, 0.1) is 0 Å². The number of rotatable bonds is 6. The summed E-state index contributed by atoms with van der Waals surface area (Å²) in [6, 6.07) is 8.60. The molecular formula is C16H22BrNO2. The van der Waals surface area contributed by atoms with Gasteiger partial charge in [0.2, 0.25) is 0 Å². The number of carbonyl (C=O) groups excluding carboxylic acids is 1. The SMILES string of the molecule is CC(=O)[C@H](CCNC1CCOCC1)c1ccc(Br)cc1. The fourth-order valence-electron chi connectivity index (χ4n) is 2.63. The van der Waals surface area contributed by atoms with E-state index in [-0.39, 0.29) is 11.7 Å². The fourth-order valence-corrected chi connectivity index (χ4v) is 2.90. The summed E-state index contributed by atoms with van der Waals surface area (Å²) in [5.74, 6) is 0.233. The first-order valence-electron chi connectivity index (χ1n) is 7.24. The molecule has 0 amide bonds. The number of hydrogen-bond donors (Lipinski definition) is 1. The minimum absolute atomic E-state index is 0.00422. The van der Waals surface area contributed by atoms with E-state index < -0.39 is 0 Å². The van der Waals surface area contributed by atoms with E-state index >= 15 is 0 Å². The molecule has 0 unspecified atom stereocenters. The molecule has 0 spiro atoms. The smallest absolute Gasteiger partial charge is 0.137 e. The molecule has 0 saturated carbocycles. The van der Waals surface area contributed by atoms with E-state index in [0.29, 0.717) is 6.04 Å². The number of ketones is 1. The van der Waals surface area contributed by atoms with E-state index in [9.17, 15) is 4.79 Å². The lowest BCUT2D eigenvalue weighted by molar-refractivity contribution is -0.118. The fraction of sp³-hybridized carbons (Fsp3) is 0.562. The number of nitrogens with one attached hydrogen (secondary N) is 1. The molecule has 1 saturated heterocycles. The Morgan fingerprint density at radius 1 is 1.35 bits per heavy atom. The van der Waals surface area contributed by atoms with Crippen molar-refractivity contribution in [2.45, 2.75) is 38.1 Å². The van der Waals surface area contributed by atoms with Crippen LogP contribution < -0.4 is 5.32 Å². The highest BCUT2D eigenvalue weighted by molar-refractivity contribution is 9.10. The zero-order valence-corrected chi connectivity index (χ0v) is 13.5. The second-order valence-corrected chi connectivity index (χ2v) is 6.26. The van der Waals surface area contributed by atoms with E-state index in [1.54, 1.807) is 6.92 Å². The Morgan fingerprint density at radius 3 is 2.60 bits per heavy atom. The van der Waals surface area contributed by atoms with Gasteiger partial charge in [0.1, 0.15) is 5.78 Å². The summed E-state index contributed by atoms with van der Waals surface area (Å²) in [5.41, 5.74) is 1.11. The van der Waals surface area contributed by atoms with Gasteiger partial charge in [-0.1, -0.05) is 28.1 Å². The van der Waals surface area contributed by atoms with Crippen LogP contribution in [-0.2, 0) is 9.53 Å². The monoisotopic (exact) mass is 339 g/mol. The van der Waals surface area contributed by atoms with Crippen molar-refractivity contribution in [3.05, 3.63) is 34.3 Å². The Hall–Kier alpha value is -0.710. The molecule has 1 N–H and O–H groups in total. The molecule has 1 aromatic carbocycles. The highest BCUT2D eigenvalue weighted by Gasteiger charge is 2.18. The third-order valence-corrected chi connectivity index (χ3v) is 4.38. The molecule has 0 aromatic heterocycles. The van der Waals surface area contributed by atoms with Crippen molar-refractivity contribution >= 4 is 21.7 Å². The van der Waals surface area contributed by atoms with Gasteiger partial charge in [-0.2, -0.15) is 0 Å². The molecule has 0 radical (unpaired) electrons. The van der Waals surface area contributed by atoms with Crippen molar-refractivity contribution in [2.24, 2.45) is 0 Å². The molecule has 1 atom stereocenters. The second-order valence-electron chi connectivity index (χ2n) is 5.34. The first kappa shape index (κ1) is 15.7. The molecule has 20 heavy (non-hydrogen) atoms. The summed E-state index contributed by atoms with van der Waals surface area (Å²) in [5, 5.41) is 3.55. The maximum atomic E-state index is 11.9. The number of benzene rings is 1. The van der Waals surface area contributed by atoms with Crippen molar-refractivity contribution in [1.29, 1.82) is 0 Å². The van der Waals surface area contributed by atoms with Crippen LogP contribution in [0.25, 0.3) is 0 Å². The van der Waals surface area contributed by atoms with Crippen LogP contribution in [0.1, 0.15) is 37.7 Å². The molecule has 1 heterocycles. The van der Waals surface area contributed by atoms with Gasteiger partial charge in [-0.15, -0.1) is 0 Å². The van der Waals surface area contributed by atoms with Gasteiger partial charge in [-0.3, -0.25) is 4.79 Å². The van der Waals surface area contributed by atoms with Crippen LogP contribution in [0.15, 0.2) is 28.7 Å². The summed E-state index contributed by atoms with van der Waals surface area (Å²) < 4.78 is 6.39. The van der Waals surface area contributed by atoms with Crippen molar-refractivity contribution < 1.29 is 9.53 Å². The van der Waals surface area contributed by atoms with Crippen molar-refractivity contribution in [2.75, 3.05) is 19.8 Å². The maximum Gasteiger partial charge on any atom is 0.137 e. The molecule has 0 aliphatic carbocycles. The molecule has 1 aliphatic heterocycles. The van der Waals surface area contributed by atoms with E-state index in [0.717, 1.165) is 49.1 Å². The quantitative estimate of drug-likeness (QED) is 0.864. The van der Waals surface area contributed by atoms with Gasteiger partial charge < -0.3 is 10.1 Å². The zero-order valence-electron chi connectivity index (χ0n) is 11.9. The Balaban J connectivity index is 1.86. The summed E-state index contributed by atoms with van der Waals surface area (Å²) in [6.45, 7) is 4.26. The van der Waals surface area contributed by atoms with E-state index in [4.69, 9.17) is 4.74 Å². The predicted molar refractivity (Wildman–Crippen MR) is 84.0 cm³/mol. The Kier molecular flexibility index (Phi) is 6.20. The van der Waals surface area contributed by atoms with Gasteiger partial charge in [0.05, 0.1) is 0 Å². The van der Waals surface area contributed by atoms with Gasteiger partial charge in [0, 0.05) is 29.6 Å². The topological polar surface area (TPSA) is 38.3 Å². The standard InChI is InChI=1S/C16H22BrNO2/c1-12(19)16(13-2-4-14(17)5-3-13)6-9-18-15-7-10-20-11-8-15/h2-5,15-16,18H,6-11H2,1H3/t16-/m0/s1. The van der Waals surface area contributed by atoms with Gasteiger partial charge >= 0.3 is 0 Å². The summed E-state index contributed by atoms with van der Waals surface area (Å²) in [7, 11) is 0. The normalized spacial score (nSPS) is 17.9. The van der Waals surface area contributed by atoms with Crippen LogP contribution in [0.4, 0.5) is 0 Å². The van der Waals surface area contributed by atoms with E-state index in [2.05, 4.69) is 21.2 Å². The molecule has 4 heteroatoms. The second kappa shape index (κ2) is 7.91. The van der Waals surface area contributed by atoms with Crippen LogP contribution in [0.2, 0.25) is 0 Å². The molecule has 1 fully saturated rings. The average Bonchev–Trinajstić information content (AvgIpc) is 2.46. The highest BCUT2D eigenvalue weighted by Crippen LogP contribution is 2.22. The first-order chi connectivity index (χ1) is 9.66. The van der Waals surface area contributed by atoms with Crippen LogP contribution in [0.3, 0.4) is 0 Å². The lowest BCUT2D eigenvalue weighted by Gasteiger charge is -2.24. The lowest BCUT2D eigenvalue weighted by Crippen LogP contribution is -2.36. The third kappa shape index (κ3) is 4.69. The lowest BCUT2D eigenvalue weighted by atomic mass is 9.92. The van der Waals surface area contributed by atoms with Crippen LogP contribution in [-0.4, -0.2) is 31.6 Å². The van der Waals surface area contributed by atoms with Gasteiger partial charge in [0.15, 0.2) is 0 Å². The predicted octanol–water partition coefficient (Wildman–Crippen LogP) is 3.28. The summed E-state index contributed by atoms with van der Waals surface area (Å²) in [6.07, 6.45) is 3.00. The van der Waals surface area contributed by atoms with Gasteiger partial charge in [0.25, 0.3) is 0 Å². The largest absolute Gasteiger partial charge is 0.381 e. The molecule has 1 aliphatic rings. The molecule has 3 nitrogen and oxygen atoms in total. The number of Topliss-reactive ketones (excluding diaryl/α,β-unsaturated/α-hetero) is 1. The number of ether oxygens (including phenoxy) is 1. The summed E-state index contributed by atoms with van der Waals surface area (Å²) in [4.78, 5) is 11.9. The molecule has 0 bridgehead atoms. The van der Waals surface area contributed by atoms with Crippen molar-refractivity contribution in [3.8, 4) is 0 Å². The minimum atomic E-state index is -0.00422. The zero-order chi connectivity index (χ0) is 14.4. The molecule has 1 aromatic rings. The molecule has 2 rings (SSSR count). The van der Waals surface area contributed by atoms with Crippen LogP contribution in [0.5, 0.6) is 0 Å². The Morgan fingerprint density at radius 2 is 2.00 bits per heavy atom. The van der Waals surface area contributed by atoms with Crippen LogP contribution >= 0.6 is 15.9 Å². The molecule has 110 valence electrons. The first-order valence-corrected chi connectivity index (χ1v) is 8.03.